The van der Waals surface area contributed by atoms with Crippen LogP contribution >= 0.6 is 0 Å². The maximum absolute atomic E-state index is 13.3. The molecule has 5 amide bonds. The molecule has 6 heterocycles. The monoisotopic (exact) mass is 822 g/mol. The van der Waals surface area contributed by atoms with Gasteiger partial charge in [0, 0.05) is 79.4 Å². The van der Waals surface area contributed by atoms with Crippen LogP contribution in [0, 0.1) is 17.2 Å². The van der Waals surface area contributed by atoms with Crippen molar-refractivity contribution in [3.05, 3.63) is 83.8 Å². The van der Waals surface area contributed by atoms with E-state index in [-0.39, 0.29) is 35.9 Å². The van der Waals surface area contributed by atoms with Crippen molar-refractivity contribution in [2.75, 3.05) is 49.5 Å². The molecule has 0 bridgehead atoms. The van der Waals surface area contributed by atoms with Crippen LogP contribution in [0.3, 0.4) is 0 Å². The van der Waals surface area contributed by atoms with E-state index in [1.54, 1.807) is 30.5 Å². The molecule has 5 aromatic rings. The topological polar surface area (TPSA) is 214 Å². The second kappa shape index (κ2) is 17.0. The van der Waals surface area contributed by atoms with Crippen LogP contribution in [0.2, 0.25) is 0 Å². The number of anilines is 3. The predicted octanol–water partition coefficient (Wildman–Crippen LogP) is 4.55. The molecule has 0 spiro atoms. The highest BCUT2D eigenvalue weighted by atomic mass is 16.2. The zero-order chi connectivity index (χ0) is 42.0. The van der Waals surface area contributed by atoms with Crippen LogP contribution in [0.1, 0.15) is 88.5 Å². The molecule has 9 rings (SSSR count). The Morgan fingerprint density at radius 1 is 0.934 bits per heavy atom. The van der Waals surface area contributed by atoms with E-state index in [4.69, 9.17) is 4.98 Å². The number of hydrogen-bond acceptors (Lipinski definition) is 12. The van der Waals surface area contributed by atoms with Gasteiger partial charge >= 0.3 is 0 Å². The van der Waals surface area contributed by atoms with Gasteiger partial charge < -0.3 is 20.5 Å². The Labute approximate surface area is 351 Å². The molecule has 1 aliphatic carbocycles. The predicted molar refractivity (Wildman–Crippen MR) is 225 cm³/mol. The molecule has 61 heavy (non-hydrogen) atoms. The lowest BCUT2D eigenvalue weighted by atomic mass is 9.96. The van der Waals surface area contributed by atoms with E-state index in [1.165, 1.54) is 12.8 Å². The van der Waals surface area contributed by atoms with E-state index < -0.39 is 29.7 Å². The SMILES string of the molecule is N#CC[C@@H](C1CCCC1)n1cc(-c2nc(Nc3ccc(C(=O)NCCCN4CCN(c5ccc6c(c5)C(=O)N(C5CCC(=O)NC5=O)C6=O)CC4)cc3)nc3[nH]ccc23)cn1. The number of imide groups is 2. The molecule has 2 aromatic carbocycles. The molecule has 4 N–H and O–H groups in total. The van der Waals surface area contributed by atoms with Crippen LogP contribution in [0.15, 0.2) is 67.1 Å². The number of rotatable bonds is 13. The van der Waals surface area contributed by atoms with E-state index >= 15 is 0 Å². The van der Waals surface area contributed by atoms with E-state index in [2.05, 4.69) is 46.9 Å². The molecule has 17 heteroatoms. The van der Waals surface area contributed by atoms with Crippen LogP contribution in [0.25, 0.3) is 22.3 Å². The molecule has 2 saturated heterocycles. The van der Waals surface area contributed by atoms with Crippen LogP contribution in [0.4, 0.5) is 17.3 Å². The minimum absolute atomic E-state index is 0.0413. The maximum atomic E-state index is 13.3. The zero-order valence-electron chi connectivity index (χ0n) is 33.6. The summed E-state index contributed by atoms with van der Waals surface area (Å²) in [6.45, 7) is 4.37. The summed E-state index contributed by atoms with van der Waals surface area (Å²) in [6, 6.07) is 15.7. The average molecular weight is 823 g/mol. The van der Waals surface area contributed by atoms with E-state index in [0.29, 0.717) is 36.0 Å². The first kappa shape index (κ1) is 39.5. The van der Waals surface area contributed by atoms with Gasteiger partial charge in [0.15, 0.2) is 0 Å². The van der Waals surface area contributed by atoms with Gasteiger partial charge in [-0.3, -0.25) is 43.8 Å². The lowest BCUT2D eigenvalue weighted by molar-refractivity contribution is -0.136. The number of aromatic amines is 1. The summed E-state index contributed by atoms with van der Waals surface area (Å²) < 4.78 is 1.94. The first-order chi connectivity index (χ1) is 29.7. The first-order valence-electron chi connectivity index (χ1n) is 21.0. The van der Waals surface area contributed by atoms with Crippen molar-refractivity contribution in [2.45, 2.75) is 63.5 Å². The number of H-pyrrole nitrogens is 1. The molecule has 0 radical (unpaired) electrons. The fourth-order valence-electron chi connectivity index (χ4n) is 9.10. The number of benzene rings is 2. The van der Waals surface area contributed by atoms with Gasteiger partial charge in [0.2, 0.25) is 17.8 Å². The molecule has 3 aliphatic heterocycles. The van der Waals surface area contributed by atoms with Gasteiger partial charge in [0.25, 0.3) is 17.7 Å². The zero-order valence-corrected chi connectivity index (χ0v) is 33.6. The summed E-state index contributed by atoms with van der Waals surface area (Å²) >= 11 is 0. The number of nitriles is 1. The number of amides is 5. The number of nitrogens with one attached hydrogen (secondary N) is 4. The van der Waals surface area contributed by atoms with Gasteiger partial charge in [0.1, 0.15) is 11.7 Å². The fraction of sp³-hybridized carbons (Fsp3) is 0.386. The highest BCUT2D eigenvalue weighted by molar-refractivity contribution is 6.23. The third-order valence-electron chi connectivity index (χ3n) is 12.4. The van der Waals surface area contributed by atoms with Crippen LogP contribution in [0.5, 0.6) is 0 Å². The Balaban J connectivity index is 0.745. The molecular weight excluding hydrogens is 777 g/mol. The van der Waals surface area contributed by atoms with Crippen LogP contribution < -0.4 is 20.9 Å². The molecule has 2 atom stereocenters. The van der Waals surface area contributed by atoms with Gasteiger partial charge in [-0.05, 0) is 86.7 Å². The second-order valence-electron chi connectivity index (χ2n) is 16.1. The molecular formula is C44H46N12O5. The van der Waals surface area contributed by atoms with Crippen molar-refractivity contribution < 1.29 is 24.0 Å². The third-order valence-corrected chi connectivity index (χ3v) is 12.4. The molecule has 1 unspecified atom stereocenters. The van der Waals surface area contributed by atoms with Crippen molar-refractivity contribution >= 4 is 57.9 Å². The number of fused-ring (bicyclic) bond motifs is 2. The summed E-state index contributed by atoms with van der Waals surface area (Å²) in [4.78, 5) is 81.7. The number of nitrogens with zero attached hydrogens (tertiary/aromatic N) is 8. The Morgan fingerprint density at radius 3 is 2.49 bits per heavy atom. The molecule has 17 nitrogen and oxygen atoms in total. The molecule has 4 aliphatic rings. The Bertz CT molecular complexity index is 2540. The first-order valence-corrected chi connectivity index (χ1v) is 21.0. The molecule has 3 fully saturated rings. The van der Waals surface area contributed by atoms with Crippen molar-refractivity contribution in [1.82, 2.24) is 45.2 Å². The lowest BCUT2D eigenvalue weighted by Crippen LogP contribution is -2.54. The van der Waals surface area contributed by atoms with Gasteiger partial charge in [0.05, 0.1) is 41.5 Å². The van der Waals surface area contributed by atoms with Gasteiger partial charge in [-0.2, -0.15) is 15.3 Å². The summed E-state index contributed by atoms with van der Waals surface area (Å²) in [5.74, 6) is -1.37. The number of piperidine rings is 1. The average Bonchev–Trinajstić information content (AvgIpc) is 4.11. The summed E-state index contributed by atoms with van der Waals surface area (Å²) in [6.07, 6.45) is 11.6. The highest BCUT2D eigenvalue weighted by Gasteiger charge is 2.45. The van der Waals surface area contributed by atoms with Crippen molar-refractivity contribution in [3.8, 4) is 17.3 Å². The lowest BCUT2D eigenvalue weighted by Gasteiger charge is -2.36. The minimum Gasteiger partial charge on any atom is -0.369 e. The number of carbonyl (C=O) groups is 5. The minimum atomic E-state index is -0.993. The quantitative estimate of drug-likeness (QED) is 0.0951. The van der Waals surface area contributed by atoms with E-state index in [1.807, 2.05) is 41.3 Å². The van der Waals surface area contributed by atoms with Gasteiger partial charge in [-0.1, -0.05) is 12.8 Å². The fourth-order valence-corrected chi connectivity index (χ4v) is 9.10. The largest absolute Gasteiger partial charge is 0.369 e. The molecule has 3 aromatic heterocycles. The Hall–Kier alpha value is -6.93. The third kappa shape index (κ3) is 8.06. The van der Waals surface area contributed by atoms with E-state index in [0.717, 1.165) is 84.9 Å². The second-order valence-corrected chi connectivity index (χ2v) is 16.1. The standard InChI is InChI=1S/C44H46N12O5/c45-16-14-35(27-4-1-2-5-27)55-26-29(25-48-55)38-33-15-18-46-39(33)52-44(51-38)49-30-8-6-28(7-9-30)40(58)47-17-3-19-53-20-22-54(23-21-53)31-10-11-32-34(24-31)43(61)56(42(32)60)36-12-13-37(57)50-41(36)59/h6-11,15,18,24-27,35-36H,1-5,12-14,17,19-23H2,(H,47,58)(H,50,57,59)(H2,46,49,51,52)/t35-,36?/m0/s1. The number of piperazine rings is 1. The van der Waals surface area contributed by atoms with E-state index in [9.17, 15) is 29.2 Å². The van der Waals surface area contributed by atoms with Crippen molar-refractivity contribution in [3.63, 3.8) is 0 Å². The van der Waals surface area contributed by atoms with Crippen LogP contribution in [-0.2, 0) is 9.59 Å². The van der Waals surface area contributed by atoms with Crippen molar-refractivity contribution in [1.29, 1.82) is 5.26 Å². The van der Waals surface area contributed by atoms with Crippen LogP contribution in [-0.4, -0.2) is 109 Å². The highest BCUT2D eigenvalue weighted by Crippen LogP contribution is 2.37. The normalized spacial score (nSPS) is 19.0. The summed E-state index contributed by atoms with van der Waals surface area (Å²) in [7, 11) is 0. The van der Waals surface area contributed by atoms with Gasteiger partial charge in [-0.25, -0.2) is 4.98 Å². The smallest absolute Gasteiger partial charge is 0.262 e. The number of aromatic nitrogens is 5. The Kier molecular flexibility index (Phi) is 11.0. The Morgan fingerprint density at radius 2 is 1.72 bits per heavy atom. The van der Waals surface area contributed by atoms with Crippen molar-refractivity contribution in [2.24, 2.45) is 5.92 Å². The summed E-state index contributed by atoms with van der Waals surface area (Å²) in [5.41, 5.74) is 4.91. The molecule has 312 valence electrons. The number of hydrogen-bond donors (Lipinski definition) is 4. The maximum Gasteiger partial charge on any atom is 0.262 e. The van der Waals surface area contributed by atoms with Gasteiger partial charge in [-0.15, -0.1) is 0 Å². The molecule has 1 saturated carbocycles. The summed E-state index contributed by atoms with van der Waals surface area (Å²) in [5, 5.41) is 23.6. The number of carbonyl (C=O) groups excluding carboxylic acids is 5.